The van der Waals surface area contributed by atoms with E-state index < -0.39 is 16.0 Å². The van der Waals surface area contributed by atoms with Crippen molar-refractivity contribution in [3.05, 3.63) is 0 Å². The smallest absolute Gasteiger partial charge is 0.317 e. The Hall–Kier alpha value is -0.170. The molecule has 0 aromatic carbocycles. The van der Waals surface area contributed by atoms with Gasteiger partial charge in [-0.15, -0.1) is 0 Å². The average molecular weight is 352 g/mol. The second-order valence-electron chi connectivity index (χ2n) is 6.95. The summed E-state index contributed by atoms with van der Waals surface area (Å²) in [6.07, 6.45) is 13.7. The summed E-state index contributed by atoms with van der Waals surface area (Å²) in [6, 6.07) is 0. The first kappa shape index (κ1) is 22.8. The molecule has 0 bridgehead atoms. The van der Waals surface area contributed by atoms with Gasteiger partial charge in [0.05, 0.1) is 5.60 Å². The summed E-state index contributed by atoms with van der Waals surface area (Å²) in [6.45, 7) is 7.18. The number of hydrogen-bond acceptors (Lipinski definition) is 4. The lowest BCUT2D eigenvalue weighted by molar-refractivity contribution is 0.0907. The van der Waals surface area contributed by atoms with Crippen molar-refractivity contribution in [2.45, 2.75) is 97.0 Å². The van der Waals surface area contributed by atoms with E-state index >= 15 is 0 Å². The molecular formula is C17H37NO4S. The van der Waals surface area contributed by atoms with Gasteiger partial charge in [-0.25, -0.2) is 4.18 Å². The molecule has 0 aliphatic heterocycles. The second-order valence-corrected chi connectivity index (χ2v) is 7.97. The fourth-order valence-corrected chi connectivity index (χ4v) is 3.23. The molecular weight excluding hydrogens is 314 g/mol. The van der Waals surface area contributed by atoms with Gasteiger partial charge in [-0.1, -0.05) is 64.7 Å². The lowest BCUT2D eigenvalue weighted by Crippen LogP contribution is -2.32. The number of rotatable bonds is 16. The summed E-state index contributed by atoms with van der Waals surface area (Å²) < 4.78 is 34.7. The third-order valence-corrected chi connectivity index (χ3v) is 4.60. The summed E-state index contributed by atoms with van der Waals surface area (Å²) in [5.74, 6) is 0. The fourth-order valence-electron chi connectivity index (χ4n) is 2.58. The van der Waals surface area contributed by atoms with Gasteiger partial charge in [0.2, 0.25) is 0 Å². The van der Waals surface area contributed by atoms with Crippen molar-refractivity contribution in [3.63, 3.8) is 0 Å². The number of unbranched alkanes of at least 4 members (excludes halogenated alkanes) is 9. The largest absolute Gasteiger partial charge is 0.397 e. The first-order chi connectivity index (χ1) is 10.8. The van der Waals surface area contributed by atoms with Crippen LogP contribution in [-0.4, -0.2) is 31.7 Å². The Morgan fingerprint density at radius 2 is 1.35 bits per heavy atom. The molecule has 0 spiro atoms. The fraction of sp³-hybridized carbons (Fsp3) is 1.00. The van der Waals surface area contributed by atoms with Crippen molar-refractivity contribution in [1.82, 2.24) is 5.32 Å². The molecule has 0 saturated heterocycles. The topological polar surface area (TPSA) is 75.6 Å². The molecule has 0 atom stereocenters. The molecule has 0 radical (unpaired) electrons. The van der Waals surface area contributed by atoms with Gasteiger partial charge >= 0.3 is 10.4 Å². The molecule has 0 aliphatic carbocycles. The molecule has 6 heteroatoms. The van der Waals surface area contributed by atoms with E-state index in [4.69, 9.17) is 4.55 Å². The molecule has 0 saturated carbocycles. The van der Waals surface area contributed by atoms with Gasteiger partial charge in [0.1, 0.15) is 0 Å². The lowest BCUT2D eigenvalue weighted by atomic mass is 10.1. The van der Waals surface area contributed by atoms with E-state index in [1.54, 1.807) is 13.8 Å². The molecule has 0 aromatic rings. The van der Waals surface area contributed by atoms with E-state index in [1.807, 2.05) is 0 Å². The molecule has 23 heavy (non-hydrogen) atoms. The van der Waals surface area contributed by atoms with Crippen LogP contribution in [0.5, 0.6) is 0 Å². The van der Waals surface area contributed by atoms with Crippen LogP contribution in [-0.2, 0) is 14.6 Å². The maximum absolute atomic E-state index is 10.7. The zero-order valence-electron chi connectivity index (χ0n) is 15.3. The summed E-state index contributed by atoms with van der Waals surface area (Å²) in [5.41, 5.74) is -0.877. The van der Waals surface area contributed by atoms with Crippen molar-refractivity contribution in [1.29, 1.82) is 0 Å². The zero-order valence-corrected chi connectivity index (χ0v) is 16.1. The lowest BCUT2D eigenvalue weighted by Gasteiger charge is -2.22. The van der Waals surface area contributed by atoms with Crippen molar-refractivity contribution in [3.8, 4) is 0 Å². The minimum Gasteiger partial charge on any atom is -0.317 e. The minimum absolute atomic E-state index is 0.532. The van der Waals surface area contributed by atoms with Crippen molar-refractivity contribution >= 4 is 10.4 Å². The summed E-state index contributed by atoms with van der Waals surface area (Å²) >= 11 is 0. The van der Waals surface area contributed by atoms with Crippen LogP contribution in [0.25, 0.3) is 0 Å². The Morgan fingerprint density at radius 3 is 1.83 bits per heavy atom. The first-order valence-electron chi connectivity index (χ1n) is 9.15. The third-order valence-electron chi connectivity index (χ3n) is 3.94. The van der Waals surface area contributed by atoms with Crippen LogP contribution in [0.15, 0.2) is 0 Å². The second kappa shape index (κ2) is 13.2. The Morgan fingerprint density at radius 1 is 0.870 bits per heavy atom. The normalized spacial score (nSPS) is 12.7. The van der Waals surface area contributed by atoms with Crippen LogP contribution in [0.2, 0.25) is 0 Å². The van der Waals surface area contributed by atoms with E-state index in [9.17, 15) is 8.42 Å². The molecule has 0 unspecified atom stereocenters. The number of nitrogens with one attached hydrogen (secondary N) is 1. The van der Waals surface area contributed by atoms with E-state index in [0.717, 1.165) is 13.0 Å². The van der Waals surface area contributed by atoms with Crippen LogP contribution < -0.4 is 5.32 Å². The predicted molar refractivity (Wildman–Crippen MR) is 96.0 cm³/mol. The Balaban J connectivity index is 3.33. The van der Waals surface area contributed by atoms with Gasteiger partial charge in [-0.05, 0) is 39.8 Å². The van der Waals surface area contributed by atoms with Gasteiger partial charge in [0, 0.05) is 0 Å². The van der Waals surface area contributed by atoms with Gasteiger partial charge in [-0.3, -0.25) is 4.55 Å². The number of hydrogen-bond donors (Lipinski definition) is 2. The van der Waals surface area contributed by atoms with Crippen molar-refractivity contribution < 1.29 is 17.2 Å². The molecule has 0 heterocycles. The maximum atomic E-state index is 10.7. The SMILES string of the molecule is CCCCCCCCCCCCNCCC(C)(C)OS(=O)(=O)O. The standard InChI is InChI=1S/C17H37NO4S/c1-4-5-6-7-8-9-10-11-12-13-15-18-16-14-17(2,3)22-23(19,20)21/h18H,4-16H2,1-3H3,(H,19,20,21). The van der Waals surface area contributed by atoms with Gasteiger partial charge < -0.3 is 5.32 Å². The van der Waals surface area contributed by atoms with Crippen LogP contribution in [0.3, 0.4) is 0 Å². The molecule has 5 nitrogen and oxygen atoms in total. The molecule has 0 fully saturated rings. The molecule has 0 aromatic heterocycles. The summed E-state index contributed by atoms with van der Waals surface area (Å²) in [4.78, 5) is 0. The van der Waals surface area contributed by atoms with Gasteiger partial charge in [-0.2, -0.15) is 8.42 Å². The highest BCUT2D eigenvalue weighted by Crippen LogP contribution is 2.16. The summed E-state index contributed by atoms with van der Waals surface area (Å²) in [5, 5.41) is 3.30. The first-order valence-corrected chi connectivity index (χ1v) is 10.5. The van der Waals surface area contributed by atoms with Crippen LogP contribution >= 0.6 is 0 Å². The molecule has 0 rings (SSSR count). The van der Waals surface area contributed by atoms with E-state index in [0.29, 0.717) is 13.0 Å². The maximum Gasteiger partial charge on any atom is 0.397 e. The van der Waals surface area contributed by atoms with Crippen LogP contribution in [0, 0.1) is 0 Å². The Labute approximate surface area is 143 Å². The van der Waals surface area contributed by atoms with Crippen molar-refractivity contribution in [2.75, 3.05) is 13.1 Å². The molecule has 0 amide bonds. The monoisotopic (exact) mass is 351 g/mol. The van der Waals surface area contributed by atoms with Crippen LogP contribution in [0.4, 0.5) is 0 Å². The molecule has 0 aliphatic rings. The summed E-state index contributed by atoms with van der Waals surface area (Å²) in [7, 11) is -4.38. The van der Waals surface area contributed by atoms with Gasteiger partial charge in [0.25, 0.3) is 0 Å². The van der Waals surface area contributed by atoms with E-state index in [2.05, 4.69) is 16.4 Å². The molecule has 2 N–H and O–H groups in total. The third kappa shape index (κ3) is 18.0. The average Bonchev–Trinajstić information content (AvgIpc) is 2.41. The quantitative estimate of drug-likeness (QED) is 0.317. The van der Waals surface area contributed by atoms with Crippen LogP contribution in [0.1, 0.15) is 91.4 Å². The van der Waals surface area contributed by atoms with Crippen molar-refractivity contribution in [2.24, 2.45) is 0 Å². The van der Waals surface area contributed by atoms with Gasteiger partial charge in [0.15, 0.2) is 0 Å². The predicted octanol–water partition coefficient (Wildman–Crippen LogP) is 4.49. The Kier molecular flexibility index (Phi) is 13.1. The highest BCUT2D eigenvalue weighted by Gasteiger charge is 2.24. The van der Waals surface area contributed by atoms with E-state index in [1.165, 1.54) is 57.8 Å². The minimum atomic E-state index is -4.38. The Bertz CT molecular complexity index is 369. The zero-order chi connectivity index (χ0) is 17.6. The molecule has 140 valence electrons. The highest BCUT2D eigenvalue weighted by atomic mass is 32.3. The highest BCUT2D eigenvalue weighted by molar-refractivity contribution is 7.80. The van der Waals surface area contributed by atoms with E-state index in [-0.39, 0.29) is 0 Å².